The van der Waals surface area contributed by atoms with Crippen molar-refractivity contribution in [2.75, 3.05) is 24.5 Å². The fourth-order valence-electron chi connectivity index (χ4n) is 2.82. The lowest BCUT2D eigenvalue weighted by Gasteiger charge is -2.24. The van der Waals surface area contributed by atoms with Crippen molar-refractivity contribution >= 4 is 30.0 Å². The van der Waals surface area contributed by atoms with Gasteiger partial charge in [0.05, 0.1) is 11.4 Å². The van der Waals surface area contributed by atoms with Gasteiger partial charge in [-0.15, -0.1) is 12.4 Å². The predicted octanol–water partition coefficient (Wildman–Crippen LogP) is 3.71. The molecular formula is C17H22Cl2N4. The van der Waals surface area contributed by atoms with E-state index in [4.69, 9.17) is 21.6 Å². The molecule has 1 aromatic heterocycles. The molecule has 1 aromatic carbocycles. The summed E-state index contributed by atoms with van der Waals surface area (Å²) in [4.78, 5) is 11.9. The van der Waals surface area contributed by atoms with Crippen LogP contribution in [-0.2, 0) is 13.0 Å². The molecule has 0 unspecified atom stereocenters. The zero-order chi connectivity index (χ0) is 15.5. The average Bonchev–Trinajstić information content (AvgIpc) is 2.56. The largest absolute Gasteiger partial charge is 0.341 e. The fourth-order valence-corrected chi connectivity index (χ4v) is 2.95. The van der Waals surface area contributed by atoms with Gasteiger partial charge < -0.3 is 10.2 Å². The second-order valence-corrected chi connectivity index (χ2v) is 5.84. The van der Waals surface area contributed by atoms with E-state index in [9.17, 15) is 0 Å². The summed E-state index contributed by atoms with van der Waals surface area (Å²) < 4.78 is 0. The molecule has 3 rings (SSSR count). The summed E-state index contributed by atoms with van der Waals surface area (Å²) in [5.41, 5.74) is 4.50. The first kappa shape index (κ1) is 18.0. The maximum atomic E-state index is 6.02. The Morgan fingerprint density at radius 1 is 1.13 bits per heavy atom. The second kappa shape index (κ2) is 7.95. The van der Waals surface area contributed by atoms with Gasteiger partial charge in [-0.2, -0.15) is 0 Å². The molecular weight excluding hydrogens is 331 g/mol. The highest BCUT2D eigenvalue weighted by Gasteiger charge is 2.20. The lowest BCUT2D eigenvalue weighted by atomic mass is 10.0. The van der Waals surface area contributed by atoms with Crippen LogP contribution in [0, 0.1) is 0 Å². The van der Waals surface area contributed by atoms with Crippen LogP contribution >= 0.6 is 24.0 Å². The molecule has 1 aliphatic heterocycles. The first-order chi connectivity index (χ1) is 10.7. The Balaban J connectivity index is 0.00000192. The summed E-state index contributed by atoms with van der Waals surface area (Å²) in [6.07, 6.45) is 0.951. The Morgan fingerprint density at radius 3 is 2.48 bits per heavy atom. The van der Waals surface area contributed by atoms with Gasteiger partial charge in [-0.3, -0.25) is 0 Å². The quantitative estimate of drug-likeness (QED) is 0.910. The van der Waals surface area contributed by atoms with Gasteiger partial charge in [-0.25, -0.2) is 9.97 Å². The lowest BCUT2D eigenvalue weighted by Crippen LogP contribution is -2.29. The second-order valence-electron chi connectivity index (χ2n) is 5.40. The van der Waals surface area contributed by atoms with E-state index in [-0.39, 0.29) is 12.4 Å². The fraction of sp³-hybridized carbons (Fsp3) is 0.412. The standard InChI is InChI=1S/C17H21ClN4.ClH/c1-3-22(4-2)17-20-15-9-10-19-11-14(15)16(21-17)12-5-7-13(18)8-6-12;/h5-8,19H,3-4,9-11H2,1-2H3;1H. The van der Waals surface area contributed by atoms with Crippen molar-refractivity contribution in [3.63, 3.8) is 0 Å². The van der Waals surface area contributed by atoms with Crippen LogP contribution in [0.15, 0.2) is 24.3 Å². The van der Waals surface area contributed by atoms with Gasteiger partial charge in [0.25, 0.3) is 0 Å². The molecule has 4 nitrogen and oxygen atoms in total. The third kappa shape index (κ3) is 3.77. The van der Waals surface area contributed by atoms with Crippen LogP contribution in [-0.4, -0.2) is 29.6 Å². The Hall–Kier alpha value is -1.36. The summed E-state index contributed by atoms with van der Waals surface area (Å²) in [6, 6.07) is 7.90. The van der Waals surface area contributed by atoms with Gasteiger partial charge in [0.15, 0.2) is 0 Å². The van der Waals surface area contributed by atoms with E-state index in [2.05, 4.69) is 24.1 Å². The zero-order valence-electron chi connectivity index (χ0n) is 13.5. The number of anilines is 1. The van der Waals surface area contributed by atoms with Crippen LogP contribution in [0.25, 0.3) is 11.3 Å². The topological polar surface area (TPSA) is 41.1 Å². The van der Waals surface area contributed by atoms with Gasteiger partial charge in [-0.05, 0) is 26.0 Å². The molecule has 0 bridgehead atoms. The summed E-state index contributed by atoms with van der Waals surface area (Å²) in [5.74, 6) is 0.829. The van der Waals surface area contributed by atoms with E-state index in [1.807, 2.05) is 24.3 Å². The van der Waals surface area contributed by atoms with Crippen molar-refractivity contribution in [2.24, 2.45) is 0 Å². The van der Waals surface area contributed by atoms with Crippen molar-refractivity contribution in [3.05, 3.63) is 40.5 Å². The normalized spacial score (nSPS) is 13.2. The number of nitrogens with one attached hydrogen (secondary N) is 1. The van der Waals surface area contributed by atoms with Gasteiger partial charge in [-0.1, -0.05) is 23.7 Å². The van der Waals surface area contributed by atoms with Crippen LogP contribution in [0.2, 0.25) is 5.02 Å². The zero-order valence-corrected chi connectivity index (χ0v) is 15.0. The Labute approximate surface area is 148 Å². The molecule has 0 amide bonds. The van der Waals surface area contributed by atoms with Crippen molar-refractivity contribution in [1.29, 1.82) is 0 Å². The van der Waals surface area contributed by atoms with Crippen LogP contribution in [0.3, 0.4) is 0 Å². The Kier molecular flexibility index (Phi) is 6.22. The molecule has 2 aromatic rings. The summed E-state index contributed by atoms with van der Waals surface area (Å²) >= 11 is 6.02. The number of benzene rings is 1. The van der Waals surface area contributed by atoms with Gasteiger partial charge >= 0.3 is 0 Å². The molecule has 0 fully saturated rings. The third-order valence-corrected chi connectivity index (χ3v) is 4.34. The number of hydrogen-bond donors (Lipinski definition) is 1. The molecule has 6 heteroatoms. The molecule has 0 atom stereocenters. The molecule has 0 spiro atoms. The van der Waals surface area contributed by atoms with Crippen molar-refractivity contribution < 1.29 is 0 Å². The highest BCUT2D eigenvalue weighted by Crippen LogP contribution is 2.28. The van der Waals surface area contributed by atoms with E-state index < -0.39 is 0 Å². The predicted molar refractivity (Wildman–Crippen MR) is 98.7 cm³/mol. The van der Waals surface area contributed by atoms with Crippen LogP contribution in [0.1, 0.15) is 25.1 Å². The van der Waals surface area contributed by atoms with E-state index in [1.54, 1.807) is 0 Å². The summed E-state index contributed by atoms with van der Waals surface area (Å²) in [6.45, 7) is 7.89. The number of rotatable bonds is 4. The minimum atomic E-state index is 0. The minimum absolute atomic E-state index is 0. The van der Waals surface area contributed by atoms with Crippen molar-refractivity contribution in [3.8, 4) is 11.3 Å². The Bertz CT molecular complexity index is 654. The molecule has 124 valence electrons. The number of hydrogen-bond acceptors (Lipinski definition) is 4. The minimum Gasteiger partial charge on any atom is -0.341 e. The molecule has 2 heterocycles. The number of aromatic nitrogens is 2. The number of halogens is 2. The van der Waals surface area contributed by atoms with Gasteiger partial charge in [0.1, 0.15) is 0 Å². The van der Waals surface area contributed by atoms with Crippen LogP contribution in [0.5, 0.6) is 0 Å². The molecule has 0 saturated heterocycles. The first-order valence-electron chi connectivity index (χ1n) is 7.84. The summed E-state index contributed by atoms with van der Waals surface area (Å²) in [5, 5.41) is 4.16. The molecule has 0 saturated carbocycles. The molecule has 0 radical (unpaired) electrons. The molecule has 1 aliphatic rings. The third-order valence-electron chi connectivity index (χ3n) is 4.09. The smallest absolute Gasteiger partial charge is 0.226 e. The van der Waals surface area contributed by atoms with E-state index >= 15 is 0 Å². The maximum Gasteiger partial charge on any atom is 0.226 e. The Morgan fingerprint density at radius 2 is 1.83 bits per heavy atom. The maximum absolute atomic E-state index is 6.02. The molecule has 23 heavy (non-hydrogen) atoms. The number of nitrogens with zero attached hydrogens (tertiary/aromatic N) is 3. The summed E-state index contributed by atoms with van der Waals surface area (Å²) in [7, 11) is 0. The lowest BCUT2D eigenvalue weighted by molar-refractivity contribution is 0.625. The van der Waals surface area contributed by atoms with Crippen molar-refractivity contribution in [1.82, 2.24) is 15.3 Å². The molecule has 1 N–H and O–H groups in total. The highest BCUT2D eigenvalue weighted by atomic mass is 35.5. The van der Waals surface area contributed by atoms with E-state index in [0.717, 1.165) is 54.8 Å². The highest BCUT2D eigenvalue weighted by molar-refractivity contribution is 6.30. The monoisotopic (exact) mass is 352 g/mol. The van der Waals surface area contributed by atoms with Crippen LogP contribution < -0.4 is 10.2 Å². The van der Waals surface area contributed by atoms with Gasteiger partial charge in [0, 0.05) is 48.7 Å². The van der Waals surface area contributed by atoms with E-state index in [0.29, 0.717) is 0 Å². The molecule has 0 aliphatic carbocycles. The van der Waals surface area contributed by atoms with Crippen LogP contribution in [0.4, 0.5) is 5.95 Å². The first-order valence-corrected chi connectivity index (χ1v) is 8.22. The number of fused-ring (bicyclic) bond motifs is 1. The average molecular weight is 353 g/mol. The van der Waals surface area contributed by atoms with E-state index in [1.165, 1.54) is 11.3 Å². The SMILES string of the molecule is CCN(CC)c1nc2c(c(-c3ccc(Cl)cc3)n1)CNCC2.Cl. The van der Waals surface area contributed by atoms with Gasteiger partial charge in [0.2, 0.25) is 5.95 Å². The van der Waals surface area contributed by atoms with Crippen molar-refractivity contribution in [2.45, 2.75) is 26.8 Å².